The van der Waals surface area contributed by atoms with Crippen LogP contribution in [0.25, 0.3) is 0 Å². The van der Waals surface area contributed by atoms with Crippen molar-refractivity contribution in [2.45, 2.75) is 245 Å². The Morgan fingerprint density at radius 2 is 1.46 bits per heavy atom. The summed E-state index contributed by atoms with van der Waals surface area (Å²) in [6.45, 7) is 33.4. The van der Waals surface area contributed by atoms with Crippen molar-refractivity contribution >= 4 is 48.7 Å². The second kappa shape index (κ2) is 28.4. The van der Waals surface area contributed by atoms with E-state index in [2.05, 4.69) is 89.2 Å². The van der Waals surface area contributed by atoms with Gasteiger partial charge in [-0.05, 0) is 118 Å². The summed E-state index contributed by atoms with van der Waals surface area (Å²) in [4.78, 5) is 51.3. The van der Waals surface area contributed by atoms with Gasteiger partial charge in [-0.15, -0.1) is 0 Å². The van der Waals surface area contributed by atoms with E-state index in [1.54, 1.807) is 13.0 Å². The van der Waals surface area contributed by atoms with Crippen LogP contribution < -0.4 is 4.74 Å². The third kappa shape index (κ3) is 17.6. The molecule has 0 bridgehead atoms. The molecule has 0 N–H and O–H groups in total. The van der Waals surface area contributed by atoms with Gasteiger partial charge >= 0.3 is 18.1 Å². The minimum Gasteiger partial charge on any atom is -0.457 e. The fraction of sp³-hybridized carbons (Fsp3) is 0.727. The zero-order valence-electron chi connectivity index (χ0n) is 47.0. The summed E-state index contributed by atoms with van der Waals surface area (Å²) < 4.78 is 51.8. The number of benzene rings is 1. The van der Waals surface area contributed by atoms with Gasteiger partial charge < -0.3 is 37.0 Å². The number of carbonyl (C=O) groups excluding carboxylic acids is 3. The molecule has 17 heteroatoms. The molecule has 408 valence electrons. The lowest BCUT2D eigenvalue weighted by Gasteiger charge is -2.39. The molecule has 14 nitrogen and oxygen atoms in total. The van der Waals surface area contributed by atoms with E-state index in [9.17, 15) is 24.5 Å². The maximum Gasteiger partial charge on any atom is 0.514 e. The summed E-state index contributed by atoms with van der Waals surface area (Å²) in [5, 5.41) is 11.3. The van der Waals surface area contributed by atoms with E-state index in [0.717, 1.165) is 66.4 Å². The van der Waals surface area contributed by atoms with Crippen LogP contribution in [0.5, 0.6) is 5.75 Å². The van der Waals surface area contributed by atoms with Gasteiger partial charge in [-0.1, -0.05) is 107 Å². The number of carbonyl (C=O) groups is 3. The zero-order valence-corrected chi connectivity index (χ0v) is 50.0. The zero-order chi connectivity index (χ0) is 54.1. The van der Waals surface area contributed by atoms with Crippen molar-refractivity contribution in [1.82, 2.24) is 0 Å². The number of rotatable bonds is 27. The number of nitro groups is 1. The summed E-state index contributed by atoms with van der Waals surface area (Å²) in [5.74, 6) is -1.16. The Balaban J connectivity index is 2.07. The SMILES string of the molecule is CC[C@H](O[Si](CC)(CC)CC)[C@@H](C)[C@H]1O[C@@H]1C[C@](C)(/C=C/C=C(\C)[C@H]1OC(=O)C[C@H](O[Si](CC)(CC)CC)CC[C@@](C)(OC(=O)Oc2ccc([N+](=O)[O-])cc2)[C@@H](OC(C)=O)/C=C/[C@@H]1C)O[Si](CC)(CC)CC. The van der Waals surface area contributed by atoms with E-state index in [4.69, 9.17) is 37.0 Å². The van der Waals surface area contributed by atoms with E-state index < -0.39 is 83.4 Å². The van der Waals surface area contributed by atoms with Crippen LogP contribution >= 0.6 is 0 Å². The molecule has 2 aliphatic heterocycles. The average Bonchev–Trinajstić information content (AvgIpc) is 4.12. The second-order valence-electron chi connectivity index (χ2n) is 20.9. The highest BCUT2D eigenvalue weighted by atomic mass is 28.4. The average molecular weight is 1060 g/mol. The fourth-order valence-corrected chi connectivity index (χ4v) is 19.5. The maximum absolute atomic E-state index is 14.2. The number of cyclic esters (lactones) is 1. The summed E-state index contributed by atoms with van der Waals surface area (Å²) in [6.07, 6.45) is 8.42. The molecule has 0 unspecified atom stereocenters. The van der Waals surface area contributed by atoms with Gasteiger partial charge in [0.2, 0.25) is 0 Å². The molecule has 0 aliphatic carbocycles. The molecule has 1 saturated heterocycles. The highest BCUT2D eigenvalue weighted by Crippen LogP contribution is 2.43. The molecule has 1 fully saturated rings. The van der Waals surface area contributed by atoms with Crippen molar-refractivity contribution in [3.8, 4) is 5.75 Å². The van der Waals surface area contributed by atoms with Crippen LogP contribution in [0.2, 0.25) is 54.4 Å². The predicted octanol–water partition coefficient (Wildman–Crippen LogP) is 14.4. The molecule has 72 heavy (non-hydrogen) atoms. The normalized spacial score (nSPS) is 25.8. The van der Waals surface area contributed by atoms with Gasteiger partial charge in [-0.3, -0.25) is 19.7 Å². The molecular weight excluding hydrogens is 967 g/mol. The van der Waals surface area contributed by atoms with Crippen molar-refractivity contribution in [2.24, 2.45) is 11.8 Å². The number of esters is 2. The minimum atomic E-state index is -2.30. The van der Waals surface area contributed by atoms with Gasteiger partial charge in [0.15, 0.2) is 36.7 Å². The predicted molar refractivity (Wildman–Crippen MR) is 293 cm³/mol. The molecule has 2 aliphatic rings. The number of hydrogen-bond acceptors (Lipinski definition) is 13. The number of allylic oxidation sites excluding steroid dienone is 2. The monoisotopic (exact) mass is 1060 g/mol. The highest BCUT2D eigenvalue weighted by Gasteiger charge is 2.51. The number of nitrogens with zero attached hydrogens (tertiary/aromatic N) is 1. The molecular formula is C55H93NO13Si3. The molecule has 0 spiro atoms. The lowest BCUT2D eigenvalue weighted by atomic mass is 9.88. The van der Waals surface area contributed by atoms with E-state index >= 15 is 0 Å². The number of ether oxygens (including phenoxy) is 5. The van der Waals surface area contributed by atoms with Crippen molar-refractivity contribution in [2.75, 3.05) is 0 Å². The van der Waals surface area contributed by atoms with E-state index in [-0.39, 0.29) is 54.9 Å². The molecule has 3 rings (SSSR count). The van der Waals surface area contributed by atoms with Crippen molar-refractivity contribution in [1.29, 1.82) is 0 Å². The molecule has 0 aromatic heterocycles. The van der Waals surface area contributed by atoms with E-state index in [1.165, 1.54) is 31.2 Å². The molecule has 10 atom stereocenters. The van der Waals surface area contributed by atoms with Crippen molar-refractivity contribution in [3.05, 3.63) is 70.3 Å². The van der Waals surface area contributed by atoms with Crippen molar-refractivity contribution in [3.63, 3.8) is 0 Å². The van der Waals surface area contributed by atoms with E-state index in [1.807, 2.05) is 32.1 Å². The topological polar surface area (TPSA) is 171 Å². The Morgan fingerprint density at radius 1 is 0.889 bits per heavy atom. The summed E-state index contributed by atoms with van der Waals surface area (Å²) in [5.41, 5.74) is -1.50. The first-order valence-electron chi connectivity index (χ1n) is 27.2. The number of nitro benzene ring substituents is 1. The first kappa shape index (κ1) is 62.8. The highest BCUT2D eigenvalue weighted by molar-refractivity contribution is 6.74. The van der Waals surface area contributed by atoms with Crippen LogP contribution in [0, 0.1) is 22.0 Å². The largest absolute Gasteiger partial charge is 0.514 e. The second-order valence-corrected chi connectivity index (χ2v) is 35.0. The van der Waals surface area contributed by atoms with Gasteiger partial charge in [0.05, 0.1) is 35.3 Å². The summed E-state index contributed by atoms with van der Waals surface area (Å²) in [7, 11) is -6.22. The Kier molecular flexibility index (Phi) is 24.8. The Hall–Kier alpha value is -3.46. The lowest BCUT2D eigenvalue weighted by molar-refractivity contribution is -0.384. The minimum absolute atomic E-state index is 0.0297. The maximum atomic E-state index is 14.2. The van der Waals surface area contributed by atoms with Gasteiger partial charge in [0, 0.05) is 43.4 Å². The van der Waals surface area contributed by atoms with Crippen molar-refractivity contribution < 1.29 is 56.3 Å². The van der Waals surface area contributed by atoms with Crippen LogP contribution in [0.1, 0.15) is 143 Å². The van der Waals surface area contributed by atoms with Gasteiger partial charge in [0.25, 0.3) is 5.69 Å². The van der Waals surface area contributed by atoms with Crippen LogP contribution in [-0.4, -0.2) is 95.8 Å². The van der Waals surface area contributed by atoms with Crippen LogP contribution in [0.3, 0.4) is 0 Å². The molecule has 1 aromatic rings. The van der Waals surface area contributed by atoms with E-state index in [0.29, 0.717) is 6.42 Å². The number of hydrogen-bond donors (Lipinski definition) is 0. The Morgan fingerprint density at radius 3 is 1.97 bits per heavy atom. The Bertz CT molecular complexity index is 1960. The first-order chi connectivity index (χ1) is 34.0. The standard InChI is InChI=1S/C55H93NO13Si3/c1-17-47(68-71(21-5,22-6)23-7)42(13)52-48(64-52)39-54(15,69-72(24-8,25-9)26-10)36-27-28-40(11)51-41(12)29-34-49(62-43(14)57)55(16,66-53(59)63-45-32-30-44(31-33-45)56(60)61)37-35-46(38-50(58)65-51)67-70(18-2,19-3)20-4/h27-34,36,41-42,46-49,51-52H,17-26,35,37-39H2,1-16H3/b34-29+,36-27+,40-28+/t41-,42+,46+,47-,48+,49-,51+,52+,54-,55+/m0/s1. The molecule has 0 amide bonds. The third-order valence-electron chi connectivity index (χ3n) is 16.2. The number of non-ortho nitro benzene ring substituents is 1. The first-order valence-corrected chi connectivity index (χ1v) is 34.8. The van der Waals surface area contributed by atoms with Gasteiger partial charge in [-0.2, -0.15) is 0 Å². The fourth-order valence-electron chi connectivity index (χ4n) is 10.5. The van der Waals surface area contributed by atoms with Crippen LogP contribution in [0.4, 0.5) is 10.5 Å². The summed E-state index contributed by atoms with van der Waals surface area (Å²) in [6, 6.07) is 13.9. The lowest BCUT2D eigenvalue weighted by Crippen LogP contribution is -2.47. The van der Waals surface area contributed by atoms with Crippen LogP contribution in [-0.2, 0) is 41.8 Å². The summed E-state index contributed by atoms with van der Waals surface area (Å²) >= 11 is 0. The molecule has 0 radical (unpaired) electrons. The van der Waals surface area contributed by atoms with Gasteiger partial charge in [0.1, 0.15) is 11.9 Å². The van der Waals surface area contributed by atoms with Crippen LogP contribution in [0.15, 0.2) is 60.2 Å². The quantitative estimate of drug-likeness (QED) is 0.00939. The third-order valence-corrected chi connectivity index (χ3v) is 30.3. The molecule has 1 aromatic carbocycles. The smallest absolute Gasteiger partial charge is 0.457 e. The molecule has 2 heterocycles. The number of epoxide rings is 1. The Labute approximate surface area is 436 Å². The molecule has 0 saturated carbocycles. The van der Waals surface area contributed by atoms with Gasteiger partial charge in [-0.25, -0.2) is 4.79 Å².